The highest BCUT2D eigenvalue weighted by Gasteiger charge is 2.39. The molecule has 0 aromatic carbocycles. The number of aliphatic hydroxyl groups excluding tert-OH is 1. The van der Waals surface area contributed by atoms with Gasteiger partial charge in [0.25, 0.3) is 0 Å². The average molecular weight is 387 g/mol. The number of aliphatic hydroxyl groups is 1. The van der Waals surface area contributed by atoms with E-state index in [1.165, 1.54) is 16.5 Å². The fourth-order valence-corrected chi connectivity index (χ4v) is 3.81. The van der Waals surface area contributed by atoms with E-state index in [9.17, 15) is 9.59 Å². The third-order valence-corrected chi connectivity index (χ3v) is 4.35. The van der Waals surface area contributed by atoms with Gasteiger partial charge in [0, 0.05) is 19.6 Å². The Morgan fingerprint density at radius 3 is 2.65 bits per heavy atom. The first-order valence-electron chi connectivity index (χ1n) is 5.06. The van der Waals surface area contributed by atoms with E-state index in [1.54, 1.807) is 0 Å². The molecule has 1 heterocycles. The molecule has 0 radical (unpaired) electrons. The third kappa shape index (κ3) is 5.72. The van der Waals surface area contributed by atoms with Crippen LogP contribution >= 0.6 is 43.1 Å². The molecule has 2 unspecified atom stereocenters. The summed E-state index contributed by atoms with van der Waals surface area (Å²) in [4.78, 5) is 24.5. The van der Waals surface area contributed by atoms with E-state index in [1.807, 2.05) is 0 Å². The van der Waals surface area contributed by atoms with Crippen LogP contribution in [0, 0.1) is 0 Å². The van der Waals surface area contributed by atoms with Crippen molar-refractivity contribution >= 4 is 58.5 Å². The lowest BCUT2D eigenvalue weighted by Gasteiger charge is -2.13. The highest BCUT2D eigenvalue weighted by Crippen LogP contribution is 2.31. The topological polar surface area (TPSA) is 57.6 Å². The minimum atomic E-state index is -0.240. The molecule has 0 bridgehead atoms. The summed E-state index contributed by atoms with van der Waals surface area (Å²) in [6.45, 7) is 6.35. The van der Waals surface area contributed by atoms with Gasteiger partial charge in [-0.1, -0.05) is 0 Å². The number of likely N-dealkylation sites (tertiary alicyclic amines) is 1. The fraction of sp³-hybridized carbons (Fsp3) is 0.556. The second kappa shape index (κ2) is 9.36. The molecule has 0 aromatic heterocycles. The normalized spacial score (nSPS) is 19.0. The Morgan fingerprint density at radius 1 is 1.59 bits per heavy atom. The first kappa shape index (κ1) is 17.4. The zero-order valence-electron chi connectivity index (χ0n) is 9.47. The van der Waals surface area contributed by atoms with E-state index in [0.29, 0.717) is 19.4 Å². The maximum Gasteiger partial charge on any atom is 0.303 e. The van der Waals surface area contributed by atoms with Crippen LogP contribution in [-0.4, -0.2) is 43.8 Å². The zero-order valence-corrected chi connectivity index (χ0v) is 13.6. The number of carbonyl (C=O) groups is 2. The van der Waals surface area contributed by atoms with E-state index in [2.05, 4.69) is 44.7 Å². The molecule has 1 aliphatic heterocycles. The average Bonchev–Trinajstić information content (AvgIpc) is 2.54. The summed E-state index contributed by atoms with van der Waals surface area (Å²) in [5.41, 5.74) is 0. The third-order valence-electron chi connectivity index (χ3n) is 2.04. The molecule has 1 N–H and O–H groups in total. The first-order valence-corrected chi connectivity index (χ1v) is 7.92. The van der Waals surface area contributed by atoms with Gasteiger partial charge in [0.05, 0.1) is 5.25 Å². The van der Waals surface area contributed by atoms with Crippen molar-refractivity contribution < 1.29 is 14.7 Å². The molecule has 2 amide bonds. The molecule has 1 fully saturated rings. The van der Waals surface area contributed by atoms with Crippen LogP contribution in [0.5, 0.6) is 0 Å². The molecule has 8 heteroatoms. The van der Waals surface area contributed by atoms with Crippen molar-refractivity contribution in [2.24, 2.45) is 0 Å². The van der Waals surface area contributed by atoms with Gasteiger partial charge in [-0.15, -0.1) is 44.7 Å². The quantitative estimate of drug-likeness (QED) is 0.254. The zero-order chi connectivity index (χ0) is 13.4. The highest BCUT2D eigenvalue weighted by atomic mass is 127. The minimum Gasteiger partial charge on any atom is -0.396 e. The first-order chi connectivity index (χ1) is 8.06. The molecule has 0 aliphatic carbocycles. The minimum absolute atomic E-state index is 0.00735. The van der Waals surface area contributed by atoms with Crippen molar-refractivity contribution in [1.82, 2.24) is 4.90 Å². The van der Waals surface area contributed by atoms with Gasteiger partial charge in [-0.2, -0.15) is 11.6 Å². The lowest BCUT2D eigenvalue weighted by molar-refractivity contribution is -0.138. The Hall–Kier alpha value is 0.415. The van der Waals surface area contributed by atoms with Crippen molar-refractivity contribution in [3.63, 3.8) is 0 Å². The van der Waals surface area contributed by atoms with Gasteiger partial charge in [-0.25, -0.2) is 0 Å². The summed E-state index contributed by atoms with van der Waals surface area (Å²) in [6.07, 6.45) is 0.756. The van der Waals surface area contributed by atoms with Gasteiger partial charge in [0.1, 0.15) is 0 Å². The van der Waals surface area contributed by atoms with Crippen LogP contribution in [-0.2, 0) is 9.59 Å². The van der Waals surface area contributed by atoms with Crippen LogP contribution < -0.4 is 0 Å². The van der Waals surface area contributed by atoms with Crippen LogP contribution in [0.3, 0.4) is 0 Å². The number of hydrogen-bond donors (Lipinski definition) is 1. The molecule has 0 aromatic rings. The number of amides is 2. The maximum atomic E-state index is 11.7. The lowest BCUT2D eigenvalue weighted by atomic mass is 10.3. The summed E-state index contributed by atoms with van der Waals surface area (Å²) < 4.78 is 0.238. The van der Waals surface area contributed by atoms with Gasteiger partial charge < -0.3 is 5.11 Å². The van der Waals surface area contributed by atoms with Gasteiger partial charge in [0.2, 0.25) is 11.8 Å². The Labute approximate surface area is 122 Å². The number of carbonyl (C=O) groups excluding carboxylic acids is 2. The number of rotatable bonds is 5. The van der Waals surface area contributed by atoms with Gasteiger partial charge >= 0.3 is 3.57 Å². The number of imide groups is 1. The molecule has 1 rings (SSSR count). The van der Waals surface area contributed by atoms with Crippen LogP contribution in [0.4, 0.5) is 0 Å². The highest BCUT2D eigenvalue weighted by molar-refractivity contribution is 14.1. The second-order valence-electron chi connectivity index (χ2n) is 3.14. The number of halogens is 1. The summed E-state index contributed by atoms with van der Waals surface area (Å²) in [5, 5.41) is 8.41. The number of hydrogen-bond acceptors (Lipinski definition) is 4. The van der Waals surface area contributed by atoms with Crippen molar-refractivity contribution in [3.05, 3.63) is 13.2 Å². The van der Waals surface area contributed by atoms with E-state index < -0.39 is 0 Å². The monoisotopic (exact) mass is 387 g/mol. The van der Waals surface area contributed by atoms with Crippen LogP contribution in [0.25, 0.3) is 0 Å². The smallest absolute Gasteiger partial charge is 0.303 e. The van der Waals surface area contributed by atoms with Crippen LogP contribution in [0.1, 0.15) is 12.8 Å². The molecular formula is C9H16BINO3PS. The van der Waals surface area contributed by atoms with Crippen molar-refractivity contribution in [2.45, 2.75) is 18.1 Å². The predicted octanol–water partition coefficient (Wildman–Crippen LogP) is 1.33. The van der Waals surface area contributed by atoms with E-state index >= 15 is 0 Å². The molecule has 4 nitrogen and oxygen atoms in total. The molecule has 2 atom stereocenters. The molecule has 1 aliphatic rings. The van der Waals surface area contributed by atoms with Crippen molar-refractivity contribution in [1.29, 1.82) is 0 Å². The standard InChI is InChI=1S/C7H12BINO3PS.C2H4/c9-8(14)15-5-4-6(12)10(7(5)13)2-1-3-11;1-2/h5,11H,1-4,14H2;1-2H2. The molecule has 1 saturated heterocycles. The van der Waals surface area contributed by atoms with Gasteiger partial charge in [-0.05, 0) is 6.42 Å². The Balaban J connectivity index is 0.00000121. The molecule has 96 valence electrons. The summed E-state index contributed by atoms with van der Waals surface area (Å²) >= 11 is 3.68. The number of nitrogens with zero attached hydrogens (tertiary/aromatic N) is 1. The summed E-state index contributed by atoms with van der Waals surface area (Å²) in [5.74, 6) is -0.226. The summed E-state index contributed by atoms with van der Waals surface area (Å²) in [7, 11) is 2.59. The van der Waals surface area contributed by atoms with E-state index in [4.69, 9.17) is 5.11 Å². The SMILES string of the molecule is C=C.O=C1CC(SB(P)I)C(=O)N1CCCO. The Morgan fingerprint density at radius 2 is 2.18 bits per heavy atom. The molecular weight excluding hydrogens is 371 g/mol. The van der Waals surface area contributed by atoms with Crippen LogP contribution in [0.2, 0.25) is 0 Å². The maximum absolute atomic E-state index is 11.7. The fourth-order valence-electron chi connectivity index (χ4n) is 1.38. The second-order valence-corrected chi connectivity index (χ2v) is 9.18. The van der Waals surface area contributed by atoms with E-state index in [0.717, 1.165) is 0 Å². The summed E-state index contributed by atoms with van der Waals surface area (Å²) in [6, 6.07) is 0. The van der Waals surface area contributed by atoms with Crippen molar-refractivity contribution in [2.75, 3.05) is 13.2 Å². The molecule has 17 heavy (non-hydrogen) atoms. The van der Waals surface area contributed by atoms with Crippen molar-refractivity contribution in [3.8, 4) is 0 Å². The lowest BCUT2D eigenvalue weighted by Crippen LogP contribution is -2.32. The largest absolute Gasteiger partial charge is 0.396 e. The van der Waals surface area contributed by atoms with Gasteiger partial charge in [-0.3, -0.25) is 14.5 Å². The Bertz CT molecular complexity index is 283. The predicted molar refractivity (Wildman–Crippen MR) is 85.2 cm³/mol. The van der Waals surface area contributed by atoms with Gasteiger partial charge in [0.15, 0.2) is 0 Å². The molecule has 0 spiro atoms. The van der Waals surface area contributed by atoms with E-state index in [-0.39, 0.29) is 27.2 Å². The molecule has 0 saturated carbocycles. The van der Waals surface area contributed by atoms with Crippen LogP contribution in [0.15, 0.2) is 13.2 Å². The Kier molecular flexibility index (Phi) is 9.59.